The van der Waals surface area contributed by atoms with E-state index in [9.17, 15) is 0 Å². The number of hydrogen-bond acceptors (Lipinski definition) is 1. The minimum atomic E-state index is 1.20. The third-order valence-electron chi connectivity index (χ3n) is 2.86. The summed E-state index contributed by atoms with van der Waals surface area (Å²) in [6.45, 7) is 2.15. The lowest BCUT2D eigenvalue weighted by Gasteiger charge is -2.03. The summed E-state index contributed by atoms with van der Waals surface area (Å²) in [6, 6.07) is 16.9. The molecule has 1 nitrogen and oxygen atoms in total. The Kier molecular flexibility index (Phi) is 2.65. The molecule has 0 unspecified atom stereocenters. The second kappa shape index (κ2) is 4.30. The number of nitrogens with one attached hydrogen (secondary N) is 1. The molecule has 2 aromatic carbocycles. The normalized spacial score (nSPS) is 10.9. The van der Waals surface area contributed by atoms with Gasteiger partial charge in [0.25, 0.3) is 0 Å². The minimum Gasteiger partial charge on any atom is -0.360 e. The van der Waals surface area contributed by atoms with Crippen LogP contribution >= 0.6 is 11.8 Å². The van der Waals surface area contributed by atoms with Crippen LogP contribution in [0, 0.1) is 6.92 Å². The molecule has 1 N–H and O–H groups in total. The molecule has 0 saturated carbocycles. The molecule has 84 valence electrons. The first-order valence-electron chi connectivity index (χ1n) is 5.64. The van der Waals surface area contributed by atoms with Gasteiger partial charge in [-0.25, -0.2) is 0 Å². The summed E-state index contributed by atoms with van der Waals surface area (Å²) in [5.41, 5.74) is 2.52. The number of fused-ring (bicyclic) bond motifs is 1. The Balaban J connectivity index is 2.03. The van der Waals surface area contributed by atoms with Crippen LogP contribution in [-0.2, 0) is 0 Å². The molecular weight excluding hydrogens is 226 g/mol. The molecule has 0 aliphatic heterocycles. The van der Waals surface area contributed by atoms with Gasteiger partial charge >= 0.3 is 0 Å². The van der Waals surface area contributed by atoms with Gasteiger partial charge in [-0.05, 0) is 24.6 Å². The van der Waals surface area contributed by atoms with Gasteiger partial charge in [-0.3, -0.25) is 0 Å². The standard InChI is InChI=1S/C15H13NS/c1-11-6-2-5-9-14(11)17-15-10-16-13-8-4-3-7-12(13)15/h2-10,16H,1H3. The average molecular weight is 239 g/mol. The van der Waals surface area contributed by atoms with E-state index in [4.69, 9.17) is 0 Å². The highest BCUT2D eigenvalue weighted by Gasteiger charge is 2.05. The lowest BCUT2D eigenvalue weighted by atomic mass is 10.2. The van der Waals surface area contributed by atoms with E-state index in [1.165, 1.54) is 26.3 Å². The van der Waals surface area contributed by atoms with Crippen LogP contribution in [0.5, 0.6) is 0 Å². The summed E-state index contributed by atoms with van der Waals surface area (Å²) in [5, 5.41) is 1.29. The predicted molar refractivity (Wildman–Crippen MR) is 73.6 cm³/mol. The molecule has 0 bridgehead atoms. The van der Waals surface area contributed by atoms with E-state index in [-0.39, 0.29) is 0 Å². The highest BCUT2D eigenvalue weighted by atomic mass is 32.2. The van der Waals surface area contributed by atoms with Gasteiger partial charge in [-0.15, -0.1) is 0 Å². The molecule has 0 spiro atoms. The first kappa shape index (κ1) is 10.5. The second-order valence-electron chi connectivity index (χ2n) is 4.07. The molecule has 0 saturated heterocycles. The maximum atomic E-state index is 3.31. The largest absolute Gasteiger partial charge is 0.360 e. The Morgan fingerprint density at radius 2 is 1.65 bits per heavy atom. The highest BCUT2D eigenvalue weighted by Crippen LogP contribution is 2.34. The second-order valence-corrected chi connectivity index (χ2v) is 5.15. The number of aromatic amines is 1. The molecule has 0 amide bonds. The Labute approximate surface area is 105 Å². The highest BCUT2D eigenvalue weighted by molar-refractivity contribution is 7.99. The monoisotopic (exact) mass is 239 g/mol. The zero-order valence-corrected chi connectivity index (χ0v) is 10.4. The zero-order valence-electron chi connectivity index (χ0n) is 9.60. The van der Waals surface area contributed by atoms with Crippen LogP contribution in [0.25, 0.3) is 10.9 Å². The molecule has 3 rings (SSSR count). The van der Waals surface area contributed by atoms with Gasteiger partial charge in [0, 0.05) is 26.9 Å². The summed E-state index contributed by atoms with van der Waals surface area (Å²) in [4.78, 5) is 5.91. The van der Waals surface area contributed by atoms with Crippen molar-refractivity contribution in [1.82, 2.24) is 4.98 Å². The van der Waals surface area contributed by atoms with Crippen LogP contribution in [0.2, 0.25) is 0 Å². The predicted octanol–water partition coefficient (Wildman–Crippen LogP) is 4.63. The van der Waals surface area contributed by atoms with Crippen LogP contribution in [0.4, 0.5) is 0 Å². The first-order chi connectivity index (χ1) is 8.34. The van der Waals surface area contributed by atoms with Crippen molar-refractivity contribution in [2.24, 2.45) is 0 Å². The Morgan fingerprint density at radius 1 is 0.882 bits per heavy atom. The Hall–Kier alpha value is -1.67. The van der Waals surface area contributed by atoms with Crippen LogP contribution in [0.1, 0.15) is 5.56 Å². The van der Waals surface area contributed by atoms with Gasteiger partial charge in [-0.2, -0.15) is 0 Å². The molecule has 0 aliphatic rings. The number of hydrogen-bond donors (Lipinski definition) is 1. The van der Waals surface area contributed by atoms with Gasteiger partial charge in [-0.1, -0.05) is 48.2 Å². The summed E-state index contributed by atoms with van der Waals surface area (Å²) in [5.74, 6) is 0. The quantitative estimate of drug-likeness (QED) is 0.689. The lowest BCUT2D eigenvalue weighted by Crippen LogP contribution is -1.77. The molecular formula is C15H13NS. The van der Waals surface area contributed by atoms with Gasteiger partial charge in [0.05, 0.1) is 0 Å². The van der Waals surface area contributed by atoms with Crippen molar-refractivity contribution in [3.05, 3.63) is 60.3 Å². The average Bonchev–Trinajstić information content (AvgIpc) is 2.76. The van der Waals surface area contributed by atoms with Crippen molar-refractivity contribution in [2.75, 3.05) is 0 Å². The molecule has 0 fully saturated rings. The van der Waals surface area contributed by atoms with Crippen molar-refractivity contribution in [1.29, 1.82) is 0 Å². The first-order valence-corrected chi connectivity index (χ1v) is 6.46. The van der Waals surface area contributed by atoms with Crippen LogP contribution in [0.3, 0.4) is 0 Å². The fourth-order valence-electron chi connectivity index (χ4n) is 1.92. The summed E-state index contributed by atoms with van der Waals surface area (Å²) in [7, 11) is 0. The van der Waals surface area contributed by atoms with E-state index < -0.39 is 0 Å². The van der Waals surface area contributed by atoms with Gasteiger partial charge in [0.1, 0.15) is 0 Å². The molecule has 0 radical (unpaired) electrons. The van der Waals surface area contributed by atoms with Crippen LogP contribution < -0.4 is 0 Å². The number of rotatable bonds is 2. The van der Waals surface area contributed by atoms with E-state index in [1.807, 2.05) is 11.8 Å². The smallest absolute Gasteiger partial charge is 0.0465 e. The molecule has 17 heavy (non-hydrogen) atoms. The maximum Gasteiger partial charge on any atom is 0.0465 e. The fourth-order valence-corrected chi connectivity index (χ4v) is 2.94. The Morgan fingerprint density at radius 3 is 2.53 bits per heavy atom. The summed E-state index contributed by atoms with van der Waals surface area (Å²) in [6.07, 6.45) is 2.09. The van der Waals surface area contributed by atoms with E-state index in [0.717, 1.165) is 0 Å². The van der Waals surface area contributed by atoms with E-state index in [1.54, 1.807) is 0 Å². The SMILES string of the molecule is Cc1ccccc1Sc1c[nH]c2ccccc12. The molecule has 1 aromatic heterocycles. The van der Waals surface area contributed by atoms with E-state index in [2.05, 4.69) is 66.6 Å². The lowest BCUT2D eigenvalue weighted by molar-refractivity contribution is 1.30. The fraction of sp³-hybridized carbons (Fsp3) is 0.0667. The minimum absolute atomic E-state index is 1.20. The molecule has 3 aromatic rings. The number of aromatic nitrogens is 1. The van der Waals surface area contributed by atoms with Crippen molar-refractivity contribution >= 4 is 22.7 Å². The third-order valence-corrected chi connectivity index (χ3v) is 4.10. The van der Waals surface area contributed by atoms with Gasteiger partial charge in [0.15, 0.2) is 0 Å². The van der Waals surface area contributed by atoms with Crippen molar-refractivity contribution in [3.63, 3.8) is 0 Å². The van der Waals surface area contributed by atoms with Crippen molar-refractivity contribution < 1.29 is 0 Å². The molecule has 1 heterocycles. The van der Waals surface area contributed by atoms with E-state index >= 15 is 0 Å². The third kappa shape index (κ3) is 1.96. The van der Waals surface area contributed by atoms with Crippen molar-refractivity contribution in [2.45, 2.75) is 16.7 Å². The zero-order chi connectivity index (χ0) is 11.7. The van der Waals surface area contributed by atoms with Crippen molar-refractivity contribution in [3.8, 4) is 0 Å². The summed E-state index contributed by atoms with van der Waals surface area (Å²) >= 11 is 1.82. The molecule has 0 aliphatic carbocycles. The summed E-state index contributed by atoms with van der Waals surface area (Å²) < 4.78 is 0. The molecule has 0 atom stereocenters. The molecule has 2 heteroatoms. The number of H-pyrrole nitrogens is 1. The van der Waals surface area contributed by atoms with Gasteiger partial charge < -0.3 is 4.98 Å². The van der Waals surface area contributed by atoms with Crippen LogP contribution in [-0.4, -0.2) is 4.98 Å². The van der Waals surface area contributed by atoms with Gasteiger partial charge in [0.2, 0.25) is 0 Å². The number of benzene rings is 2. The number of aryl methyl sites for hydroxylation is 1. The number of para-hydroxylation sites is 1. The van der Waals surface area contributed by atoms with Crippen LogP contribution in [0.15, 0.2) is 64.5 Å². The Bertz CT molecular complexity index is 655. The topological polar surface area (TPSA) is 15.8 Å². The van der Waals surface area contributed by atoms with E-state index in [0.29, 0.717) is 0 Å². The maximum absolute atomic E-state index is 3.31.